The zero-order valence-corrected chi connectivity index (χ0v) is 21.8. The van der Waals surface area contributed by atoms with Crippen LogP contribution >= 0.6 is 11.6 Å². The highest BCUT2D eigenvalue weighted by atomic mass is 35.5. The molecule has 3 atom stereocenters. The van der Waals surface area contributed by atoms with E-state index in [0.717, 1.165) is 54.8 Å². The van der Waals surface area contributed by atoms with Gasteiger partial charge >= 0.3 is 0 Å². The van der Waals surface area contributed by atoms with Gasteiger partial charge in [0.2, 0.25) is 0 Å². The van der Waals surface area contributed by atoms with Gasteiger partial charge in [0.15, 0.2) is 0 Å². The van der Waals surface area contributed by atoms with Gasteiger partial charge in [-0.25, -0.2) is 0 Å². The topological polar surface area (TPSA) is 45.2 Å². The van der Waals surface area contributed by atoms with Crippen LogP contribution in [-0.4, -0.2) is 74.7 Å². The average molecular weight is 498 g/mol. The number of fused-ring (bicyclic) bond motifs is 3. The van der Waals surface area contributed by atoms with Gasteiger partial charge in [-0.1, -0.05) is 11.6 Å². The van der Waals surface area contributed by atoms with Crippen LogP contribution in [0.3, 0.4) is 0 Å². The lowest BCUT2D eigenvalue weighted by Gasteiger charge is -2.36. The molecule has 2 saturated heterocycles. The molecule has 0 N–H and O–H groups in total. The highest BCUT2D eigenvalue weighted by Gasteiger charge is 2.39. The molecule has 188 valence electrons. The van der Waals surface area contributed by atoms with Crippen molar-refractivity contribution in [1.82, 2.24) is 9.80 Å². The Morgan fingerprint density at radius 3 is 2.57 bits per heavy atom. The summed E-state index contributed by atoms with van der Waals surface area (Å²) < 4.78 is 12.2. The number of rotatable bonds is 8. The Hall–Kier alpha value is -2.28. The number of amides is 1. The molecule has 0 aromatic heterocycles. The third-order valence-electron chi connectivity index (χ3n) is 7.75. The summed E-state index contributed by atoms with van der Waals surface area (Å²) in [5, 5.41) is 0.564. The second-order valence-electron chi connectivity index (χ2n) is 10.4. The van der Waals surface area contributed by atoms with Crippen molar-refractivity contribution in [2.75, 3.05) is 45.7 Å². The molecular weight excluding hydrogens is 462 g/mol. The van der Waals surface area contributed by atoms with Gasteiger partial charge < -0.3 is 24.2 Å². The first-order chi connectivity index (χ1) is 16.9. The first-order valence-corrected chi connectivity index (χ1v) is 13.2. The number of carbonyl (C=O) groups excluding carboxylic acids is 1. The summed E-state index contributed by atoms with van der Waals surface area (Å²) in [7, 11) is 6.35. The van der Waals surface area contributed by atoms with E-state index in [1.807, 2.05) is 41.3 Å². The molecule has 0 aliphatic carbocycles. The quantitative estimate of drug-likeness (QED) is 0.486. The number of nitrogens with zero attached hydrogens (tertiary/aromatic N) is 3. The fraction of sp³-hybridized carbons (Fsp3) is 0.536. The molecule has 3 aliphatic heterocycles. The molecule has 3 heterocycles. The summed E-state index contributed by atoms with van der Waals surface area (Å²) in [4.78, 5) is 19.7. The predicted octanol–water partition coefficient (Wildman–Crippen LogP) is 4.88. The van der Waals surface area contributed by atoms with Gasteiger partial charge in [0, 0.05) is 36.4 Å². The van der Waals surface area contributed by atoms with E-state index < -0.39 is 0 Å². The lowest BCUT2D eigenvalue weighted by molar-refractivity contribution is 0.0662. The molecule has 7 heteroatoms. The van der Waals surface area contributed by atoms with E-state index in [1.54, 1.807) is 0 Å². The number of hydrogen-bond acceptors (Lipinski definition) is 5. The Kier molecular flexibility index (Phi) is 7.24. The molecule has 2 bridgehead atoms. The Balaban J connectivity index is 1.22. The maximum atomic E-state index is 13.3. The van der Waals surface area contributed by atoms with Crippen molar-refractivity contribution >= 4 is 23.2 Å². The van der Waals surface area contributed by atoms with E-state index >= 15 is 0 Å². The maximum absolute atomic E-state index is 13.3. The van der Waals surface area contributed by atoms with E-state index in [0.29, 0.717) is 36.0 Å². The van der Waals surface area contributed by atoms with Crippen molar-refractivity contribution in [1.29, 1.82) is 0 Å². The molecule has 2 aromatic carbocycles. The molecule has 6 nitrogen and oxygen atoms in total. The fourth-order valence-corrected chi connectivity index (χ4v) is 5.98. The first kappa shape index (κ1) is 24.4. The number of ether oxygens (including phenoxy) is 2. The minimum absolute atomic E-state index is 0.00188. The lowest BCUT2D eigenvalue weighted by Crippen LogP contribution is -2.43. The van der Waals surface area contributed by atoms with Crippen LogP contribution in [-0.2, 0) is 6.42 Å². The summed E-state index contributed by atoms with van der Waals surface area (Å²) in [6.07, 6.45) is 6.57. The van der Waals surface area contributed by atoms with Gasteiger partial charge in [0.1, 0.15) is 17.6 Å². The Labute approximate surface area is 213 Å². The fourth-order valence-electron chi connectivity index (χ4n) is 5.76. The Morgan fingerprint density at radius 1 is 1.09 bits per heavy atom. The predicted molar refractivity (Wildman–Crippen MR) is 140 cm³/mol. The zero-order chi connectivity index (χ0) is 24.5. The van der Waals surface area contributed by atoms with Crippen LogP contribution in [0.25, 0.3) is 0 Å². The number of anilines is 1. The van der Waals surface area contributed by atoms with Crippen molar-refractivity contribution in [3.8, 4) is 11.5 Å². The van der Waals surface area contributed by atoms with Crippen molar-refractivity contribution in [2.24, 2.45) is 0 Å². The van der Waals surface area contributed by atoms with Crippen LogP contribution in [0.15, 0.2) is 36.4 Å². The van der Waals surface area contributed by atoms with Crippen molar-refractivity contribution in [2.45, 2.75) is 56.7 Å². The van der Waals surface area contributed by atoms with Crippen molar-refractivity contribution in [3.05, 3.63) is 52.5 Å². The van der Waals surface area contributed by atoms with E-state index in [-0.39, 0.29) is 12.0 Å². The number of halogens is 1. The highest BCUT2D eigenvalue weighted by molar-refractivity contribution is 6.32. The third-order valence-corrected chi connectivity index (χ3v) is 8.05. The van der Waals surface area contributed by atoms with E-state index in [4.69, 9.17) is 21.1 Å². The lowest BCUT2D eigenvalue weighted by atomic mass is 9.98. The van der Waals surface area contributed by atoms with Gasteiger partial charge in [0.05, 0.1) is 11.6 Å². The molecular formula is C28H36ClN3O3. The average Bonchev–Trinajstić information content (AvgIpc) is 3.03. The molecule has 0 saturated carbocycles. The maximum Gasteiger partial charge on any atom is 0.258 e. The second kappa shape index (κ2) is 10.4. The first-order valence-electron chi connectivity index (χ1n) is 12.8. The molecule has 0 spiro atoms. The summed E-state index contributed by atoms with van der Waals surface area (Å²) in [5.41, 5.74) is 2.58. The summed E-state index contributed by atoms with van der Waals surface area (Å²) in [5.74, 6) is 1.54. The third kappa shape index (κ3) is 5.30. The van der Waals surface area contributed by atoms with Crippen LogP contribution in [0.2, 0.25) is 5.02 Å². The van der Waals surface area contributed by atoms with Gasteiger partial charge in [-0.3, -0.25) is 4.79 Å². The van der Waals surface area contributed by atoms with Crippen LogP contribution in [0.1, 0.15) is 48.0 Å². The van der Waals surface area contributed by atoms with Gasteiger partial charge in [-0.2, -0.15) is 0 Å². The summed E-state index contributed by atoms with van der Waals surface area (Å²) in [6.45, 7) is 2.28. The molecule has 5 rings (SSSR count). The van der Waals surface area contributed by atoms with Crippen LogP contribution in [0, 0.1) is 0 Å². The van der Waals surface area contributed by atoms with Gasteiger partial charge in [0.25, 0.3) is 5.91 Å². The largest absolute Gasteiger partial charge is 0.494 e. The van der Waals surface area contributed by atoms with E-state index in [1.165, 1.54) is 12.8 Å². The van der Waals surface area contributed by atoms with Crippen LogP contribution in [0.4, 0.5) is 5.69 Å². The molecule has 1 amide bonds. The molecule has 1 unspecified atom stereocenters. The molecule has 3 aliphatic rings. The highest BCUT2D eigenvalue weighted by Crippen LogP contribution is 2.38. The molecule has 0 radical (unpaired) electrons. The van der Waals surface area contributed by atoms with Gasteiger partial charge in [-0.15, -0.1) is 0 Å². The number of carbonyl (C=O) groups is 1. The Bertz CT molecular complexity index is 1060. The minimum Gasteiger partial charge on any atom is -0.494 e. The number of piperidine rings is 1. The number of hydrogen-bond donors (Lipinski definition) is 0. The standard InChI is InChI=1S/C28H36ClN3O3/c1-30(2)12-4-14-34-23-8-9-25-19(15-23)11-13-32(28(25)33)22-7-10-27(26(29)18-22)35-24-16-20-5-6-21(17-24)31(20)3/h7-10,15,18,20-21,24H,4-6,11-14,16-17H2,1-3H3/t20-,21+,24?. The van der Waals surface area contributed by atoms with Crippen molar-refractivity contribution in [3.63, 3.8) is 0 Å². The SMILES string of the molecule is CN(C)CCCOc1ccc2c(c1)CCN(c1ccc(OC3C[C@H]4CC[C@@H](C3)N4C)c(Cl)c1)C2=O. The summed E-state index contributed by atoms with van der Waals surface area (Å²) >= 11 is 6.64. The van der Waals surface area contributed by atoms with Gasteiger partial charge in [-0.05, 0) is 102 Å². The van der Waals surface area contributed by atoms with Crippen molar-refractivity contribution < 1.29 is 14.3 Å². The Morgan fingerprint density at radius 2 is 1.86 bits per heavy atom. The zero-order valence-electron chi connectivity index (χ0n) is 21.0. The minimum atomic E-state index is 0.00188. The molecule has 2 fully saturated rings. The monoisotopic (exact) mass is 497 g/mol. The normalized spacial score (nSPS) is 24.1. The van der Waals surface area contributed by atoms with Crippen LogP contribution < -0.4 is 14.4 Å². The van der Waals surface area contributed by atoms with E-state index in [9.17, 15) is 4.79 Å². The van der Waals surface area contributed by atoms with Crippen LogP contribution in [0.5, 0.6) is 11.5 Å². The van der Waals surface area contributed by atoms with E-state index in [2.05, 4.69) is 30.9 Å². The smallest absolute Gasteiger partial charge is 0.258 e. The summed E-state index contributed by atoms with van der Waals surface area (Å²) in [6, 6.07) is 12.8. The molecule has 2 aromatic rings. The number of benzene rings is 2. The molecule has 35 heavy (non-hydrogen) atoms. The second-order valence-corrected chi connectivity index (χ2v) is 10.8.